The van der Waals surface area contributed by atoms with Crippen LogP contribution in [0.2, 0.25) is 0 Å². The molecule has 0 aliphatic heterocycles. The molecule has 2 aromatic carbocycles. The summed E-state index contributed by atoms with van der Waals surface area (Å²) in [6.07, 6.45) is 0. The van der Waals surface area contributed by atoms with Crippen LogP contribution in [-0.4, -0.2) is 16.2 Å². The molecule has 2 aromatic rings. The Bertz CT molecular complexity index is 617. The van der Waals surface area contributed by atoms with Gasteiger partial charge in [-0.1, -0.05) is 37.3 Å². The molecule has 0 fully saturated rings. The molecule has 0 bridgehead atoms. The van der Waals surface area contributed by atoms with Crippen LogP contribution in [0, 0.1) is 6.92 Å². The fourth-order valence-corrected chi connectivity index (χ4v) is 2.25. The second kappa shape index (κ2) is 5.14. The number of hydrogen-bond acceptors (Lipinski definition) is 2. The van der Waals surface area contributed by atoms with Gasteiger partial charge in [0, 0.05) is 5.92 Å². The molecule has 1 unspecified atom stereocenters. The highest BCUT2D eigenvalue weighted by molar-refractivity contribution is 5.91. The highest BCUT2D eigenvalue weighted by atomic mass is 16.4. The first-order valence-corrected chi connectivity index (χ1v) is 6.12. The van der Waals surface area contributed by atoms with Crippen molar-refractivity contribution in [1.29, 1.82) is 0 Å². The van der Waals surface area contributed by atoms with Crippen LogP contribution < -0.4 is 0 Å². The molecular formula is C16H16O3. The van der Waals surface area contributed by atoms with Crippen molar-refractivity contribution in [1.82, 2.24) is 0 Å². The summed E-state index contributed by atoms with van der Waals surface area (Å²) in [5, 5.41) is 18.6. The van der Waals surface area contributed by atoms with E-state index < -0.39 is 5.97 Å². The molecule has 0 spiro atoms. The number of phenols is 1. The van der Waals surface area contributed by atoms with E-state index >= 15 is 0 Å². The largest absolute Gasteiger partial charge is 0.507 e. The molecule has 0 saturated carbocycles. The van der Waals surface area contributed by atoms with E-state index in [-0.39, 0.29) is 17.2 Å². The number of aryl methyl sites for hydroxylation is 1. The van der Waals surface area contributed by atoms with Crippen LogP contribution in [0.25, 0.3) is 0 Å². The van der Waals surface area contributed by atoms with Crippen molar-refractivity contribution in [2.24, 2.45) is 0 Å². The van der Waals surface area contributed by atoms with Gasteiger partial charge in [-0.2, -0.15) is 0 Å². The van der Waals surface area contributed by atoms with Crippen LogP contribution in [0.15, 0.2) is 42.5 Å². The Hall–Kier alpha value is -2.29. The number of carboxylic acid groups (broad SMARTS) is 1. The Morgan fingerprint density at radius 1 is 1.16 bits per heavy atom. The Balaban J connectivity index is 2.45. The molecule has 3 heteroatoms. The zero-order valence-corrected chi connectivity index (χ0v) is 10.9. The van der Waals surface area contributed by atoms with E-state index in [0.29, 0.717) is 0 Å². The van der Waals surface area contributed by atoms with Gasteiger partial charge in [0.2, 0.25) is 0 Å². The normalized spacial score (nSPS) is 12.1. The fraction of sp³-hybridized carbons (Fsp3) is 0.188. The molecule has 19 heavy (non-hydrogen) atoms. The predicted octanol–water partition coefficient (Wildman–Crippen LogP) is 3.55. The summed E-state index contributed by atoms with van der Waals surface area (Å²) in [6, 6.07) is 12.8. The minimum absolute atomic E-state index is 0.0575. The van der Waals surface area contributed by atoms with E-state index in [0.717, 1.165) is 11.1 Å². The third kappa shape index (κ3) is 2.60. The van der Waals surface area contributed by atoms with Crippen LogP contribution in [0.1, 0.15) is 39.9 Å². The highest BCUT2D eigenvalue weighted by Gasteiger charge is 2.15. The number of benzene rings is 2. The standard InChI is InChI=1S/C16H16O3/c1-10-5-3-4-6-13(10)11(2)12-7-8-15(17)14(9-12)16(18)19/h3-9,11,17H,1-2H3,(H,18,19). The second-order valence-corrected chi connectivity index (χ2v) is 4.66. The monoisotopic (exact) mass is 256 g/mol. The number of carboxylic acids is 1. The first-order chi connectivity index (χ1) is 9.00. The summed E-state index contributed by atoms with van der Waals surface area (Å²) in [5.41, 5.74) is 3.15. The lowest BCUT2D eigenvalue weighted by Crippen LogP contribution is -2.02. The molecule has 0 aliphatic rings. The average Bonchev–Trinajstić information content (AvgIpc) is 2.38. The predicted molar refractivity (Wildman–Crippen MR) is 73.8 cm³/mol. The topological polar surface area (TPSA) is 57.5 Å². The first kappa shape index (κ1) is 13.1. The first-order valence-electron chi connectivity index (χ1n) is 6.12. The van der Waals surface area contributed by atoms with Crippen LogP contribution in [0.5, 0.6) is 5.75 Å². The van der Waals surface area contributed by atoms with Crippen molar-refractivity contribution in [2.75, 3.05) is 0 Å². The van der Waals surface area contributed by atoms with Gasteiger partial charge in [0.05, 0.1) is 0 Å². The maximum atomic E-state index is 11.0. The summed E-state index contributed by atoms with van der Waals surface area (Å²) < 4.78 is 0. The molecule has 0 aromatic heterocycles. The van der Waals surface area contributed by atoms with E-state index in [4.69, 9.17) is 5.11 Å². The quantitative estimate of drug-likeness (QED) is 0.882. The maximum absolute atomic E-state index is 11.0. The number of aromatic hydroxyl groups is 1. The minimum Gasteiger partial charge on any atom is -0.507 e. The number of carbonyl (C=O) groups is 1. The molecule has 3 nitrogen and oxygen atoms in total. The maximum Gasteiger partial charge on any atom is 0.339 e. The van der Waals surface area contributed by atoms with Gasteiger partial charge < -0.3 is 10.2 Å². The van der Waals surface area contributed by atoms with Crippen molar-refractivity contribution in [3.63, 3.8) is 0 Å². The molecule has 0 amide bonds. The molecular weight excluding hydrogens is 240 g/mol. The SMILES string of the molecule is Cc1ccccc1C(C)c1ccc(O)c(C(=O)O)c1. The smallest absolute Gasteiger partial charge is 0.339 e. The van der Waals surface area contributed by atoms with E-state index in [1.165, 1.54) is 17.7 Å². The van der Waals surface area contributed by atoms with Crippen molar-refractivity contribution in [3.05, 3.63) is 64.7 Å². The van der Waals surface area contributed by atoms with Gasteiger partial charge in [-0.05, 0) is 35.7 Å². The van der Waals surface area contributed by atoms with Crippen molar-refractivity contribution in [2.45, 2.75) is 19.8 Å². The lowest BCUT2D eigenvalue weighted by atomic mass is 9.89. The van der Waals surface area contributed by atoms with Gasteiger partial charge in [-0.3, -0.25) is 0 Å². The molecule has 0 saturated heterocycles. The number of rotatable bonds is 3. The van der Waals surface area contributed by atoms with Crippen molar-refractivity contribution in [3.8, 4) is 5.75 Å². The molecule has 0 aliphatic carbocycles. The third-order valence-electron chi connectivity index (χ3n) is 3.41. The van der Waals surface area contributed by atoms with E-state index in [1.807, 2.05) is 38.1 Å². The van der Waals surface area contributed by atoms with E-state index in [9.17, 15) is 9.90 Å². The van der Waals surface area contributed by atoms with Gasteiger partial charge in [0.1, 0.15) is 11.3 Å². The van der Waals surface area contributed by atoms with E-state index in [2.05, 4.69) is 0 Å². The van der Waals surface area contributed by atoms with Crippen LogP contribution in [0.3, 0.4) is 0 Å². The lowest BCUT2D eigenvalue weighted by molar-refractivity contribution is 0.0693. The molecule has 98 valence electrons. The second-order valence-electron chi connectivity index (χ2n) is 4.66. The van der Waals surface area contributed by atoms with Gasteiger partial charge >= 0.3 is 5.97 Å². The lowest BCUT2D eigenvalue weighted by Gasteiger charge is -2.16. The zero-order valence-electron chi connectivity index (χ0n) is 10.9. The molecule has 0 heterocycles. The summed E-state index contributed by atoms with van der Waals surface area (Å²) in [5.74, 6) is -1.23. The van der Waals surface area contributed by atoms with E-state index in [1.54, 1.807) is 6.07 Å². The van der Waals surface area contributed by atoms with Gasteiger partial charge in [0.15, 0.2) is 0 Å². The van der Waals surface area contributed by atoms with Crippen LogP contribution in [0.4, 0.5) is 0 Å². The molecule has 1 atom stereocenters. The molecule has 2 rings (SSSR count). The van der Waals surface area contributed by atoms with Crippen molar-refractivity contribution >= 4 is 5.97 Å². The fourth-order valence-electron chi connectivity index (χ4n) is 2.25. The van der Waals surface area contributed by atoms with Crippen LogP contribution >= 0.6 is 0 Å². The summed E-state index contributed by atoms with van der Waals surface area (Å²) >= 11 is 0. The van der Waals surface area contributed by atoms with Gasteiger partial charge in [0.25, 0.3) is 0 Å². The zero-order chi connectivity index (χ0) is 14.0. The average molecular weight is 256 g/mol. The Kier molecular flexibility index (Phi) is 3.56. The van der Waals surface area contributed by atoms with Gasteiger partial charge in [-0.25, -0.2) is 4.79 Å². The van der Waals surface area contributed by atoms with Gasteiger partial charge in [-0.15, -0.1) is 0 Å². The number of hydrogen-bond donors (Lipinski definition) is 2. The third-order valence-corrected chi connectivity index (χ3v) is 3.41. The van der Waals surface area contributed by atoms with Crippen LogP contribution in [-0.2, 0) is 0 Å². The highest BCUT2D eigenvalue weighted by Crippen LogP contribution is 2.29. The summed E-state index contributed by atoms with van der Waals surface area (Å²) in [4.78, 5) is 11.0. The minimum atomic E-state index is -1.11. The number of aromatic carboxylic acids is 1. The summed E-state index contributed by atoms with van der Waals surface area (Å²) in [7, 11) is 0. The Labute approximate surface area is 112 Å². The molecule has 0 radical (unpaired) electrons. The van der Waals surface area contributed by atoms with Crippen molar-refractivity contribution < 1.29 is 15.0 Å². The molecule has 2 N–H and O–H groups in total. The summed E-state index contributed by atoms with van der Waals surface area (Å²) in [6.45, 7) is 4.06. The Morgan fingerprint density at radius 2 is 1.84 bits per heavy atom. The Morgan fingerprint density at radius 3 is 2.47 bits per heavy atom.